The molecular weight excluding hydrogens is 663 g/mol. The average molecular weight is 687 g/mol. The Hall–Kier alpha value is -4.02. The largest absolute Gasteiger partial charge is 0.376 e. The fourth-order valence-corrected chi connectivity index (χ4v) is 7.50. The molecule has 8 rings (SSSR count). The first kappa shape index (κ1) is 26.9. The summed E-state index contributed by atoms with van der Waals surface area (Å²) in [7, 11) is 0. The minimum Gasteiger partial charge on any atom is -0.376 e. The molecule has 0 spiro atoms. The second-order valence-corrected chi connectivity index (χ2v) is 12.3. The Morgan fingerprint density at radius 3 is 2.17 bits per heavy atom. The molecule has 7 nitrogen and oxygen atoms in total. The molecule has 2 bridgehead atoms. The number of halogens is 2. The van der Waals surface area contributed by atoms with E-state index in [2.05, 4.69) is 38.4 Å². The van der Waals surface area contributed by atoms with Crippen LogP contribution < -0.4 is 15.6 Å². The highest BCUT2D eigenvalue weighted by atomic mass is 127. The maximum atomic E-state index is 14.4. The number of imide groups is 1. The molecule has 4 aliphatic rings. The van der Waals surface area contributed by atoms with E-state index in [0.29, 0.717) is 10.7 Å². The van der Waals surface area contributed by atoms with Gasteiger partial charge in [0.2, 0.25) is 11.8 Å². The number of anilines is 2. The number of rotatable bonds is 6. The summed E-state index contributed by atoms with van der Waals surface area (Å²) in [5, 5.41) is 7.87. The Balaban J connectivity index is 1.30. The first-order valence-electron chi connectivity index (χ1n) is 13.6. The summed E-state index contributed by atoms with van der Waals surface area (Å²) in [4.78, 5) is 42.6. The molecule has 3 amide bonds. The minimum atomic E-state index is -1.08. The van der Waals surface area contributed by atoms with E-state index in [4.69, 9.17) is 11.6 Å². The number of hydrogen-bond acceptors (Lipinski definition) is 5. The fraction of sp³-hybridized carbons (Fsp3) is 0.152. The molecule has 1 heterocycles. The summed E-state index contributed by atoms with van der Waals surface area (Å²) < 4.78 is 1.10. The topological polar surface area (TPSA) is 90.9 Å². The molecule has 1 fully saturated rings. The van der Waals surface area contributed by atoms with Gasteiger partial charge in [-0.25, -0.2) is 10.3 Å². The zero-order valence-corrected chi connectivity index (χ0v) is 25.0. The molecule has 4 aromatic carbocycles. The molecule has 9 heteroatoms. The predicted molar refractivity (Wildman–Crippen MR) is 171 cm³/mol. The Labute approximate surface area is 261 Å². The number of carbonyl (C=O) groups is 3. The summed E-state index contributed by atoms with van der Waals surface area (Å²) in [6.45, 7) is 0.0178. The van der Waals surface area contributed by atoms with Gasteiger partial charge in [-0.3, -0.25) is 14.4 Å². The number of nitrogens with one attached hydrogen (secondary N) is 2. The third-order valence-electron chi connectivity index (χ3n) is 8.53. The monoisotopic (exact) mass is 686 g/mol. The summed E-state index contributed by atoms with van der Waals surface area (Å²) >= 11 is 8.73. The number of hydrazone groups is 1. The molecule has 1 saturated heterocycles. The number of amides is 3. The highest BCUT2D eigenvalue weighted by molar-refractivity contribution is 14.1. The number of benzene rings is 4. The molecule has 3 aliphatic carbocycles. The second-order valence-electron chi connectivity index (χ2n) is 10.6. The van der Waals surface area contributed by atoms with Crippen LogP contribution in [0.4, 0.5) is 11.4 Å². The van der Waals surface area contributed by atoms with Crippen LogP contribution in [0.2, 0.25) is 5.02 Å². The molecule has 2 N–H and O–H groups in total. The van der Waals surface area contributed by atoms with Gasteiger partial charge in [0.15, 0.2) is 0 Å². The maximum Gasteiger partial charge on any atom is 0.259 e. The fourth-order valence-electron chi connectivity index (χ4n) is 6.92. The van der Waals surface area contributed by atoms with Gasteiger partial charge in [0.25, 0.3) is 5.91 Å². The van der Waals surface area contributed by atoms with Gasteiger partial charge in [-0.2, -0.15) is 5.10 Å². The first-order valence-corrected chi connectivity index (χ1v) is 15.0. The summed E-state index contributed by atoms with van der Waals surface area (Å²) in [5.41, 5.74) is 6.54. The molecule has 0 saturated carbocycles. The molecule has 2 atom stereocenters. The van der Waals surface area contributed by atoms with Gasteiger partial charge in [-0.05, 0) is 81.2 Å². The van der Waals surface area contributed by atoms with Gasteiger partial charge in [0, 0.05) is 21.4 Å². The van der Waals surface area contributed by atoms with Gasteiger partial charge < -0.3 is 5.32 Å². The van der Waals surface area contributed by atoms with E-state index in [9.17, 15) is 14.4 Å². The van der Waals surface area contributed by atoms with E-state index >= 15 is 0 Å². The van der Waals surface area contributed by atoms with Crippen LogP contribution in [0.3, 0.4) is 0 Å². The maximum absolute atomic E-state index is 14.4. The van der Waals surface area contributed by atoms with E-state index < -0.39 is 17.3 Å². The van der Waals surface area contributed by atoms with Gasteiger partial charge >= 0.3 is 0 Å². The van der Waals surface area contributed by atoms with Crippen molar-refractivity contribution in [1.29, 1.82) is 0 Å². The van der Waals surface area contributed by atoms with Crippen molar-refractivity contribution in [3.63, 3.8) is 0 Å². The van der Waals surface area contributed by atoms with E-state index in [1.54, 1.807) is 30.5 Å². The highest BCUT2D eigenvalue weighted by Crippen LogP contribution is 2.63. The van der Waals surface area contributed by atoms with Gasteiger partial charge in [-0.1, -0.05) is 72.3 Å². The molecule has 1 aliphatic heterocycles. The number of hydrogen-bond donors (Lipinski definition) is 2. The summed E-state index contributed by atoms with van der Waals surface area (Å²) in [6, 6.07) is 30.4. The normalized spacial score (nSPS) is 23.5. The molecular formula is C33H24ClIN4O3. The van der Waals surface area contributed by atoms with Crippen molar-refractivity contribution < 1.29 is 14.4 Å². The zero-order chi connectivity index (χ0) is 29.0. The molecule has 42 heavy (non-hydrogen) atoms. The predicted octanol–water partition coefficient (Wildman–Crippen LogP) is 5.71. The van der Waals surface area contributed by atoms with Crippen molar-refractivity contribution in [3.05, 3.63) is 128 Å². The van der Waals surface area contributed by atoms with Crippen LogP contribution in [0.15, 0.2) is 102 Å². The minimum absolute atomic E-state index is 0.0178. The zero-order valence-electron chi connectivity index (χ0n) is 22.1. The van der Waals surface area contributed by atoms with Crippen LogP contribution in [0, 0.1) is 15.4 Å². The van der Waals surface area contributed by atoms with Crippen LogP contribution >= 0.6 is 34.2 Å². The van der Waals surface area contributed by atoms with E-state index in [1.165, 1.54) is 4.90 Å². The molecule has 0 radical (unpaired) electrons. The van der Waals surface area contributed by atoms with Crippen molar-refractivity contribution in [2.45, 2.75) is 11.3 Å². The third-order valence-corrected chi connectivity index (χ3v) is 9.57. The Morgan fingerprint density at radius 2 is 1.50 bits per heavy atom. The lowest BCUT2D eigenvalue weighted by Crippen LogP contribution is -2.54. The Kier molecular flexibility index (Phi) is 6.62. The van der Waals surface area contributed by atoms with Crippen molar-refractivity contribution in [1.82, 2.24) is 5.43 Å². The van der Waals surface area contributed by atoms with Crippen molar-refractivity contribution in [3.8, 4) is 0 Å². The first-order chi connectivity index (χ1) is 20.4. The van der Waals surface area contributed by atoms with E-state index in [0.717, 1.165) is 31.5 Å². The number of nitrogens with zero attached hydrogens (tertiary/aromatic N) is 2. The van der Waals surface area contributed by atoms with E-state index in [1.807, 2.05) is 72.8 Å². The van der Waals surface area contributed by atoms with Gasteiger partial charge in [0.05, 0.1) is 34.5 Å². The lowest BCUT2D eigenvalue weighted by atomic mass is 9.47. The lowest BCUT2D eigenvalue weighted by molar-refractivity contribution is -0.122. The van der Waals surface area contributed by atoms with Crippen LogP contribution in [0.25, 0.3) is 0 Å². The van der Waals surface area contributed by atoms with Crippen molar-refractivity contribution in [2.24, 2.45) is 16.9 Å². The summed E-state index contributed by atoms with van der Waals surface area (Å²) in [5.74, 6) is -2.66. The average Bonchev–Trinajstić information content (AvgIpc) is 3.28. The smallest absolute Gasteiger partial charge is 0.259 e. The van der Waals surface area contributed by atoms with Crippen LogP contribution in [0.1, 0.15) is 28.2 Å². The molecule has 0 unspecified atom stereocenters. The SMILES string of the molecule is O=C(CNc1ccc(I)cc1)N/N=C\C12c3ccccc3C(c3ccccc31)[C@H]1C(=O)N(c3ccccc3Cl)C(=O)[C@H]12. The molecule has 208 valence electrons. The quantitative estimate of drug-likeness (QED) is 0.118. The Morgan fingerprint density at radius 1 is 0.881 bits per heavy atom. The summed E-state index contributed by atoms with van der Waals surface area (Å²) in [6.07, 6.45) is 1.65. The van der Waals surface area contributed by atoms with Crippen molar-refractivity contribution in [2.75, 3.05) is 16.8 Å². The van der Waals surface area contributed by atoms with Gasteiger partial charge in [0.1, 0.15) is 0 Å². The lowest BCUT2D eigenvalue weighted by Gasteiger charge is -2.52. The standard InChI is InChI=1S/C33H24ClIN4O3/c34-25-11-5-6-12-26(25)39-31(41)29-28-21-7-1-3-9-23(21)33(30(29)32(39)42,24-10-4-2-8-22(24)28)18-37-38-27(40)17-36-20-15-13-19(35)14-16-20/h1-16,18,28-30,36H,17H2,(H,38,40)/b37-18-/t28?,29-,30+,33?/m1/s1. The van der Waals surface area contributed by atoms with Gasteiger partial charge in [-0.15, -0.1) is 0 Å². The molecule has 4 aromatic rings. The van der Waals surface area contributed by atoms with Crippen LogP contribution in [-0.2, 0) is 19.8 Å². The van der Waals surface area contributed by atoms with Crippen LogP contribution in [0.5, 0.6) is 0 Å². The van der Waals surface area contributed by atoms with Crippen molar-refractivity contribution >= 4 is 69.5 Å². The molecule has 0 aromatic heterocycles. The Bertz CT molecular complexity index is 1740. The third kappa shape index (κ3) is 3.99. The number of para-hydroxylation sites is 1. The van der Waals surface area contributed by atoms with E-state index in [-0.39, 0.29) is 30.2 Å². The number of carbonyl (C=O) groups excluding carboxylic acids is 3. The van der Waals surface area contributed by atoms with Crippen LogP contribution in [-0.4, -0.2) is 30.5 Å². The second kappa shape index (κ2) is 10.4. The highest BCUT2D eigenvalue weighted by Gasteiger charge is 2.68.